The van der Waals surface area contributed by atoms with E-state index >= 15 is 0 Å². The number of unbranched alkanes of at least 4 members (excludes halogenated alkanes) is 2. The first-order valence-electron chi connectivity index (χ1n) is 12.7. The van der Waals surface area contributed by atoms with Gasteiger partial charge >= 0.3 is 5.97 Å². The molecular formula is C29H44O4Si. The van der Waals surface area contributed by atoms with Crippen LogP contribution < -0.4 is 0 Å². The molecule has 0 amide bonds. The van der Waals surface area contributed by atoms with Gasteiger partial charge < -0.3 is 14.6 Å². The molecular weight excluding hydrogens is 440 g/mol. The molecule has 1 aromatic rings. The highest BCUT2D eigenvalue weighted by Crippen LogP contribution is 2.42. The molecule has 1 aromatic carbocycles. The van der Waals surface area contributed by atoms with E-state index in [9.17, 15) is 9.90 Å². The van der Waals surface area contributed by atoms with E-state index in [-0.39, 0.29) is 17.4 Å². The zero-order chi connectivity index (χ0) is 25.2. The van der Waals surface area contributed by atoms with Gasteiger partial charge in [-0.2, -0.15) is 0 Å². The van der Waals surface area contributed by atoms with Crippen molar-refractivity contribution in [3.05, 3.63) is 71.5 Å². The Morgan fingerprint density at radius 1 is 1.12 bits per heavy atom. The molecule has 2 rings (SSSR count). The number of carboxylic acids is 1. The predicted octanol–water partition coefficient (Wildman–Crippen LogP) is 7.42. The van der Waals surface area contributed by atoms with Crippen molar-refractivity contribution in [1.82, 2.24) is 0 Å². The Labute approximate surface area is 207 Å². The number of allylic oxidation sites excluding steroid dienone is 4. The molecule has 0 saturated carbocycles. The minimum atomic E-state index is -2.04. The van der Waals surface area contributed by atoms with Gasteiger partial charge in [0.15, 0.2) is 0 Å². The van der Waals surface area contributed by atoms with Gasteiger partial charge in [0.05, 0.1) is 6.10 Å². The van der Waals surface area contributed by atoms with Crippen LogP contribution in [-0.2, 0) is 15.6 Å². The van der Waals surface area contributed by atoms with Crippen LogP contribution >= 0.6 is 0 Å². The number of aliphatic hydroxyl groups excluding tert-OH is 1. The van der Waals surface area contributed by atoms with Gasteiger partial charge in [-0.25, -0.2) is 0 Å². The Balaban J connectivity index is 2.11. The summed E-state index contributed by atoms with van der Waals surface area (Å²) in [6, 6.07) is 10.6. The Morgan fingerprint density at radius 2 is 1.82 bits per heavy atom. The number of hydrogen-bond donors (Lipinski definition) is 2. The molecule has 0 heterocycles. The van der Waals surface area contributed by atoms with Gasteiger partial charge in [0.2, 0.25) is 8.32 Å². The van der Waals surface area contributed by atoms with E-state index in [4.69, 9.17) is 9.53 Å². The highest BCUT2D eigenvalue weighted by Gasteiger charge is 2.41. The number of aryl methyl sites for hydroxylation is 1. The van der Waals surface area contributed by atoms with Gasteiger partial charge in [-0.05, 0) is 80.3 Å². The molecule has 0 aliphatic heterocycles. The standard InChI is InChI=1S/C29H44O4Si/c1-29(2,3)34(4,5)33-27(19-14-13-17-23-15-9-8-10-16-23)25-21-22-26(30)24(25)18-11-6-7-12-20-28(31)32/h6,8-11,15-16,19,21,24,26,30H,7,12-14,17-18,20,22H2,1-5H3,(H,31,32). The summed E-state index contributed by atoms with van der Waals surface area (Å²) in [6.07, 6.45) is 14.1. The predicted molar refractivity (Wildman–Crippen MR) is 143 cm³/mol. The SMILES string of the molecule is CC(C)(C)[Si](C)(C)OC(=CCCCc1ccccc1)C1=CCC(O)C1CC=CCCCC(=O)O. The van der Waals surface area contributed by atoms with Crippen LogP contribution in [0.2, 0.25) is 18.1 Å². The number of benzene rings is 1. The third kappa shape index (κ3) is 8.92. The van der Waals surface area contributed by atoms with Crippen LogP contribution in [0.4, 0.5) is 0 Å². The molecule has 5 heteroatoms. The fourth-order valence-corrected chi connectivity index (χ4v) is 4.96. The first kappa shape index (κ1) is 28.1. The molecule has 188 valence electrons. The molecule has 0 saturated heterocycles. The van der Waals surface area contributed by atoms with Crippen molar-refractivity contribution in [2.24, 2.45) is 5.92 Å². The summed E-state index contributed by atoms with van der Waals surface area (Å²) in [7, 11) is -2.04. The Morgan fingerprint density at radius 3 is 2.47 bits per heavy atom. The van der Waals surface area contributed by atoms with Gasteiger partial charge in [0.1, 0.15) is 5.76 Å². The minimum absolute atomic E-state index is 0.0147. The molecule has 0 bridgehead atoms. The second-order valence-corrected chi connectivity index (χ2v) is 15.6. The van der Waals surface area contributed by atoms with E-state index in [0.717, 1.165) is 43.4 Å². The summed E-state index contributed by atoms with van der Waals surface area (Å²) in [5, 5.41) is 19.6. The molecule has 0 radical (unpaired) electrons. The molecule has 0 spiro atoms. The highest BCUT2D eigenvalue weighted by molar-refractivity contribution is 6.74. The van der Waals surface area contributed by atoms with Crippen molar-refractivity contribution in [3.63, 3.8) is 0 Å². The van der Waals surface area contributed by atoms with Crippen LogP contribution in [0.5, 0.6) is 0 Å². The maximum absolute atomic E-state index is 10.7. The minimum Gasteiger partial charge on any atom is -0.544 e. The first-order valence-corrected chi connectivity index (χ1v) is 15.6. The molecule has 2 N–H and O–H groups in total. The number of rotatable bonds is 13. The lowest BCUT2D eigenvalue weighted by Crippen LogP contribution is -2.41. The zero-order valence-electron chi connectivity index (χ0n) is 21.7. The van der Waals surface area contributed by atoms with Crippen molar-refractivity contribution in [2.75, 3.05) is 0 Å². The normalized spacial score (nSPS) is 19.5. The number of aliphatic carboxylic acids is 1. The van der Waals surface area contributed by atoms with E-state index in [1.165, 1.54) is 5.56 Å². The topological polar surface area (TPSA) is 66.8 Å². The molecule has 0 fully saturated rings. The van der Waals surface area contributed by atoms with Crippen molar-refractivity contribution >= 4 is 14.3 Å². The number of hydrogen-bond acceptors (Lipinski definition) is 3. The quantitative estimate of drug-likeness (QED) is 0.132. The maximum atomic E-state index is 10.7. The smallest absolute Gasteiger partial charge is 0.303 e. The summed E-state index contributed by atoms with van der Waals surface area (Å²) >= 11 is 0. The van der Waals surface area contributed by atoms with E-state index in [1.807, 2.05) is 12.1 Å². The van der Waals surface area contributed by atoms with E-state index in [2.05, 4.69) is 76.4 Å². The van der Waals surface area contributed by atoms with Gasteiger partial charge in [0, 0.05) is 12.3 Å². The van der Waals surface area contributed by atoms with E-state index < -0.39 is 20.4 Å². The summed E-state index contributed by atoms with van der Waals surface area (Å²) in [5.74, 6) is 0.219. The number of carbonyl (C=O) groups is 1. The van der Waals surface area contributed by atoms with Crippen LogP contribution in [-0.4, -0.2) is 30.6 Å². The van der Waals surface area contributed by atoms with Gasteiger partial charge in [0.25, 0.3) is 0 Å². The van der Waals surface area contributed by atoms with E-state index in [0.29, 0.717) is 12.8 Å². The lowest BCUT2D eigenvalue weighted by atomic mass is 9.93. The van der Waals surface area contributed by atoms with Gasteiger partial charge in [-0.15, -0.1) is 0 Å². The first-order chi connectivity index (χ1) is 16.0. The third-order valence-corrected chi connectivity index (χ3v) is 11.4. The molecule has 34 heavy (non-hydrogen) atoms. The summed E-state index contributed by atoms with van der Waals surface area (Å²) < 4.78 is 6.82. The maximum Gasteiger partial charge on any atom is 0.303 e. The summed E-state index contributed by atoms with van der Waals surface area (Å²) in [4.78, 5) is 10.7. The van der Waals surface area contributed by atoms with Crippen molar-refractivity contribution in [1.29, 1.82) is 0 Å². The van der Waals surface area contributed by atoms with Crippen LogP contribution in [0.15, 0.2) is 66.0 Å². The average Bonchev–Trinajstić information content (AvgIpc) is 3.12. The van der Waals surface area contributed by atoms with Crippen molar-refractivity contribution in [3.8, 4) is 0 Å². The van der Waals surface area contributed by atoms with Crippen molar-refractivity contribution < 1.29 is 19.4 Å². The zero-order valence-corrected chi connectivity index (χ0v) is 22.7. The number of aliphatic hydroxyl groups is 1. The Hall–Kier alpha value is -2.11. The van der Waals surface area contributed by atoms with Crippen LogP contribution in [0.1, 0.15) is 71.3 Å². The fourth-order valence-electron chi connectivity index (χ4n) is 3.90. The van der Waals surface area contributed by atoms with Crippen LogP contribution in [0.25, 0.3) is 0 Å². The number of carboxylic acid groups (broad SMARTS) is 1. The van der Waals surface area contributed by atoms with Crippen LogP contribution in [0.3, 0.4) is 0 Å². The van der Waals surface area contributed by atoms with Crippen molar-refractivity contribution in [2.45, 2.75) is 96.4 Å². The second-order valence-electron chi connectivity index (χ2n) is 10.9. The Bertz CT molecular complexity index is 862. The molecule has 1 aliphatic carbocycles. The molecule has 2 unspecified atom stereocenters. The fraction of sp³-hybridized carbons (Fsp3) is 0.552. The van der Waals surface area contributed by atoms with Gasteiger partial charge in [-0.1, -0.05) is 69.3 Å². The molecule has 1 aliphatic rings. The molecule has 4 nitrogen and oxygen atoms in total. The Kier molecular flexibility index (Phi) is 10.8. The molecule has 0 aromatic heterocycles. The lowest BCUT2D eigenvalue weighted by molar-refractivity contribution is -0.137. The summed E-state index contributed by atoms with van der Waals surface area (Å²) in [6.45, 7) is 11.3. The monoisotopic (exact) mass is 484 g/mol. The van der Waals surface area contributed by atoms with E-state index in [1.54, 1.807) is 0 Å². The largest absolute Gasteiger partial charge is 0.544 e. The molecule has 2 atom stereocenters. The van der Waals surface area contributed by atoms with Crippen LogP contribution in [0, 0.1) is 5.92 Å². The summed E-state index contributed by atoms with van der Waals surface area (Å²) in [5.41, 5.74) is 2.48. The van der Waals surface area contributed by atoms with Gasteiger partial charge in [-0.3, -0.25) is 4.79 Å². The lowest BCUT2D eigenvalue weighted by Gasteiger charge is -2.38. The third-order valence-electron chi connectivity index (χ3n) is 7.06. The average molecular weight is 485 g/mol. The highest BCUT2D eigenvalue weighted by atomic mass is 28.4. The second kappa shape index (κ2) is 13.1.